The van der Waals surface area contributed by atoms with Crippen molar-refractivity contribution in [2.75, 3.05) is 12.4 Å². The topological polar surface area (TPSA) is 20.3 Å². The molecule has 0 radical (unpaired) electrons. The number of carbonyl (C=O) groups is 1. The highest BCUT2D eigenvalue weighted by molar-refractivity contribution is 6.31. The average Bonchev–Trinajstić information content (AvgIpc) is 3.15. The van der Waals surface area contributed by atoms with Crippen molar-refractivity contribution in [2.45, 2.75) is 25.3 Å². The Morgan fingerprint density at radius 3 is 2.72 bits per heavy atom. The molecule has 18 heavy (non-hydrogen) atoms. The highest BCUT2D eigenvalue weighted by Crippen LogP contribution is 2.28. The number of nitrogens with zero attached hydrogens (tertiary/aromatic N) is 1. The fourth-order valence-electron chi connectivity index (χ4n) is 1.94. The molecule has 0 saturated heterocycles. The summed E-state index contributed by atoms with van der Waals surface area (Å²) in [5, 5.41) is 0.296. The second-order valence-corrected chi connectivity index (χ2v) is 5.17. The Hall–Kier alpha value is -0.800. The quantitative estimate of drug-likeness (QED) is 0.762. The molecule has 1 aliphatic carbocycles. The molecule has 1 fully saturated rings. The van der Waals surface area contributed by atoms with Crippen LogP contribution in [0.5, 0.6) is 0 Å². The van der Waals surface area contributed by atoms with Gasteiger partial charge < -0.3 is 4.90 Å². The summed E-state index contributed by atoms with van der Waals surface area (Å²) in [5.74, 6) is -0.143. The lowest BCUT2D eigenvalue weighted by molar-refractivity contribution is -0.130. The minimum Gasteiger partial charge on any atom is -0.338 e. The van der Waals surface area contributed by atoms with Gasteiger partial charge in [0.15, 0.2) is 0 Å². The monoisotopic (exact) mass is 289 g/mol. The largest absolute Gasteiger partial charge is 0.338 e. The van der Waals surface area contributed by atoms with Crippen molar-refractivity contribution in [3.8, 4) is 0 Å². The van der Waals surface area contributed by atoms with Gasteiger partial charge in [-0.1, -0.05) is 17.7 Å². The molecule has 1 aromatic rings. The Morgan fingerprint density at radius 2 is 2.17 bits per heavy atom. The number of hydrogen-bond acceptors (Lipinski definition) is 1. The first-order valence-electron chi connectivity index (χ1n) is 5.92. The predicted octanol–water partition coefficient (Wildman–Crippen LogP) is 3.25. The van der Waals surface area contributed by atoms with Crippen molar-refractivity contribution in [2.24, 2.45) is 0 Å². The molecular weight excluding hydrogens is 276 g/mol. The van der Waals surface area contributed by atoms with E-state index in [0.29, 0.717) is 17.4 Å². The number of hydrogen-bond donors (Lipinski definition) is 0. The molecule has 0 bridgehead atoms. The normalized spacial score (nSPS) is 14.6. The molecule has 0 aromatic heterocycles. The van der Waals surface area contributed by atoms with E-state index in [1.165, 1.54) is 12.1 Å². The van der Waals surface area contributed by atoms with Crippen molar-refractivity contribution in [1.29, 1.82) is 0 Å². The van der Waals surface area contributed by atoms with Crippen molar-refractivity contribution in [3.05, 3.63) is 34.6 Å². The van der Waals surface area contributed by atoms with Gasteiger partial charge in [-0.2, -0.15) is 0 Å². The van der Waals surface area contributed by atoms with E-state index < -0.39 is 5.82 Å². The van der Waals surface area contributed by atoms with Gasteiger partial charge in [-0.3, -0.25) is 4.79 Å². The molecule has 98 valence electrons. The summed E-state index contributed by atoms with van der Waals surface area (Å²) < 4.78 is 13.6. The summed E-state index contributed by atoms with van der Waals surface area (Å²) in [7, 11) is 0. The molecule has 0 aliphatic heterocycles. The van der Waals surface area contributed by atoms with Crippen LogP contribution < -0.4 is 0 Å². The van der Waals surface area contributed by atoms with Gasteiger partial charge in [0, 0.05) is 29.1 Å². The fourth-order valence-corrected chi connectivity index (χ4v) is 2.35. The molecule has 1 aliphatic rings. The summed E-state index contributed by atoms with van der Waals surface area (Å²) in [4.78, 5) is 13.9. The maximum absolute atomic E-state index is 13.6. The average molecular weight is 290 g/mol. The van der Waals surface area contributed by atoms with Crippen LogP contribution in [0.3, 0.4) is 0 Å². The first-order chi connectivity index (χ1) is 8.63. The predicted molar refractivity (Wildman–Crippen MR) is 70.6 cm³/mol. The van der Waals surface area contributed by atoms with E-state index in [1.807, 2.05) is 0 Å². The van der Waals surface area contributed by atoms with E-state index in [1.54, 1.807) is 11.0 Å². The molecular formula is C13H14Cl2FNO. The second-order valence-electron chi connectivity index (χ2n) is 4.38. The van der Waals surface area contributed by atoms with Crippen LogP contribution in [-0.2, 0) is 11.2 Å². The standard InChI is InChI=1S/C13H14Cl2FNO/c14-6-7-17(9-4-5-9)13(18)8-10-11(15)2-1-3-12(10)16/h1-3,9H,4-8H2. The van der Waals surface area contributed by atoms with E-state index in [0.717, 1.165) is 12.8 Å². The maximum atomic E-state index is 13.6. The van der Waals surface area contributed by atoms with Gasteiger partial charge in [0.2, 0.25) is 5.91 Å². The van der Waals surface area contributed by atoms with Crippen molar-refractivity contribution in [3.63, 3.8) is 0 Å². The van der Waals surface area contributed by atoms with Crippen LogP contribution in [0, 0.1) is 5.82 Å². The third kappa shape index (κ3) is 3.15. The summed E-state index contributed by atoms with van der Waals surface area (Å²) >= 11 is 11.6. The summed E-state index contributed by atoms with van der Waals surface area (Å²) in [5.41, 5.74) is 0.268. The Labute approximate surface area is 116 Å². The highest BCUT2D eigenvalue weighted by atomic mass is 35.5. The Balaban J connectivity index is 2.10. The lowest BCUT2D eigenvalue weighted by Crippen LogP contribution is -2.36. The van der Waals surface area contributed by atoms with Crippen LogP contribution >= 0.6 is 23.2 Å². The minimum atomic E-state index is -0.433. The molecule has 5 heteroatoms. The van der Waals surface area contributed by atoms with E-state index in [9.17, 15) is 9.18 Å². The van der Waals surface area contributed by atoms with Crippen molar-refractivity contribution >= 4 is 29.1 Å². The first-order valence-corrected chi connectivity index (χ1v) is 6.83. The summed E-state index contributed by atoms with van der Waals surface area (Å²) in [6, 6.07) is 4.72. The van der Waals surface area contributed by atoms with Crippen LogP contribution in [0.4, 0.5) is 4.39 Å². The molecule has 1 amide bonds. The molecule has 1 saturated carbocycles. The number of rotatable bonds is 5. The number of halogens is 3. The highest BCUT2D eigenvalue weighted by Gasteiger charge is 2.32. The molecule has 0 atom stereocenters. The molecule has 2 nitrogen and oxygen atoms in total. The maximum Gasteiger partial charge on any atom is 0.227 e. The Kier molecular flexibility index (Phi) is 4.46. The zero-order valence-corrected chi connectivity index (χ0v) is 11.3. The molecule has 1 aromatic carbocycles. The zero-order valence-electron chi connectivity index (χ0n) is 9.83. The summed E-state index contributed by atoms with van der Waals surface area (Å²) in [6.45, 7) is 0.511. The lowest BCUT2D eigenvalue weighted by atomic mass is 10.1. The van der Waals surface area contributed by atoms with Crippen LogP contribution in [0.2, 0.25) is 5.02 Å². The van der Waals surface area contributed by atoms with Gasteiger partial charge in [0.25, 0.3) is 0 Å². The number of carbonyl (C=O) groups excluding carboxylic acids is 1. The minimum absolute atomic E-state index is 0.00110. The number of benzene rings is 1. The zero-order chi connectivity index (χ0) is 13.1. The van der Waals surface area contributed by atoms with E-state index >= 15 is 0 Å². The Morgan fingerprint density at radius 1 is 1.44 bits per heavy atom. The van der Waals surface area contributed by atoms with Gasteiger partial charge in [-0.05, 0) is 25.0 Å². The molecule has 0 heterocycles. The van der Waals surface area contributed by atoms with E-state index in [4.69, 9.17) is 23.2 Å². The van der Waals surface area contributed by atoms with Gasteiger partial charge in [0.1, 0.15) is 5.82 Å². The first kappa shape index (κ1) is 13.6. The smallest absolute Gasteiger partial charge is 0.227 e. The van der Waals surface area contributed by atoms with E-state index in [-0.39, 0.29) is 23.9 Å². The third-order valence-corrected chi connectivity index (χ3v) is 3.55. The molecule has 0 unspecified atom stereocenters. The SMILES string of the molecule is O=C(Cc1c(F)cccc1Cl)N(CCCl)C1CC1. The molecule has 0 N–H and O–H groups in total. The van der Waals surface area contributed by atoms with Gasteiger partial charge >= 0.3 is 0 Å². The van der Waals surface area contributed by atoms with Gasteiger partial charge in [-0.25, -0.2) is 4.39 Å². The number of alkyl halides is 1. The molecule has 2 rings (SSSR count). The van der Waals surface area contributed by atoms with Gasteiger partial charge in [0.05, 0.1) is 6.42 Å². The van der Waals surface area contributed by atoms with Gasteiger partial charge in [-0.15, -0.1) is 11.6 Å². The van der Waals surface area contributed by atoms with Crippen LogP contribution in [0.1, 0.15) is 18.4 Å². The van der Waals surface area contributed by atoms with Crippen molar-refractivity contribution < 1.29 is 9.18 Å². The molecule has 0 spiro atoms. The number of amides is 1. The van der Waals surface area contributed by atoms with Crippen LogP contribution in [0.25, 0.3) is 0 Å². The van der Waals surface area contributed by atoms with E-state index in [2.05, 4.69) is 0 Å². The lowest BCUT2D eigenvalue weighted by Gasteiger charge is -2.21. The van der Waals surface area contributed by atoms with Crippen LogP contribution in [-0.4, -0.2) is 29.3 Å². The summed E-state index contributed by atoms with van der Waals surface area (Å²) in [6.07, 6.45) is 2.01. The fraction of sp³-hybridized carbons (Fsp3) is 0.462. The third-order valence-electron chi connectivity index (χ3n) is 3.02. The Bertz CT molecular complexity index is 428. The van der Waals surface area contributed by atoms with Crippen LogP contribution in [0.15, 0.2) is 18.2 Å². The van der Waals surface area contributed by atoms with Crippen molar-refractivity contribution in [1.82, 2.24) is 4.90 Å². The second kappa shape index (κ2) is 5.89.